The molecule has 2 aromatic rings. The Hall–Kier alpha value is -3.49. The van der Waals surface area contributed by atoms with Crippen LogP contribution >= 0.6 is 0 Å². The van der Waals surface area contributed by atoms with Crippen molar-refractivity contribution >= 4 is 34.2 Å². The summed E-state index contributed by atoms with van der Waals surface area (Å²) in [6, 6.07) is 12.9. The third kappa shape index (κ3) is 5.31. The van der Waals surface area contributed by atoms with Gasteiger partial charge in [0.25, 0.3) is 5.91 Å². The van der Waals surface area contributed by atoms with Crippen molar-refractivity contribution in [3.8, 4) is 0 Å². The summed E-state index contributed by atoms with van der Waals surface area (Å²) < 4.78 is 12.2. The highest BCUT2D eigenvalue weighted by atomic mass is 16.6. The Labute approximate surface area is 241 Å². The normalized spacial score (nSPS) is 26.3. The van der Waals surface area contributed by atoms with E-state index in [1.165, 1.54) is 0 Å². The van der Waals surface area contributed by atoms with E-state index in [4.69, 9.17) is 9.47 Å². The third-order valence-electron chi connectivity index (χ3n) is 8.78. The second kappa shape index (κ2) is 12.6. The minimum absolute atomic E-state index is 0.00568. The van der Waals surface area contributed by atoms with E-state index in [1.54, 1.807) is 15.9 Å². The lowest BCUT2D eigenvalue weighted by atomic mass is 9.70. The molecule has 3 aliphatic heterocycles. The zero-order chi connectivity index (χ0) is 29.0. The molecule has 1 spiro atoms. The molecule has 0 saturated carbocycles. The Morgan fingerprint density at radius 3 is 2.66 bits per heavy atom. The van der Waals surface area contributed by atoms with Gasteiger partial charge in [-0.1, -0.05) is 42.5 Å². The molecule has 5 atom stereocenters. The quantitative estimate of drug-likeness (QED) is 0.209. The van der Waals surface area contributed by atoms with Crippen LogP contribution in [0.4, 0.5) is 5.69 Å². The van der Waals surface area contributed by atoms with Gasteiger partial charge in [-0.3, -0.25) is 14.4 Å². The third-order valence-corrected chi connectivity index (χ3v) is 8.78. The van der Waals surface area contributed by atoms with Gasteiger partial charge in [-0.05, 0) is 67.9 Å². The largest absolute Gasteiger partial charge is 0.465 e. The number of aliphatic hydroxyl groups excluding tert-OH is 1. The van der Waals surface area contributed by atoms with Gasteiger partial charge >= 0.3 is 5.97 Å². The zero-order valence-electron chi connectivity index (χ0n) is 23.6. The number of rotatable bonds is 14. The lowest BCUT2D eigenvalue weighted by molar-refractivity contribution is -0.155. The van der Waals surface area contributed by atoms with Crippen LogP contribution in [0, 0.1) is 11.8 Å². The molecule has 0 aliphatic carbocycles. The van der Waals surface area contributed by atoms with Crippen LogP contribution in [0.5, 0.6) is 0 Å². The molecule has 8 nitrogen and oxygen atoms in total. The van der Waals surface area contributed by atoms with Crippen LogP contribution in [0.1, 0.15) is 44.9 Å². The minimum Gasteiger partial charge on any atom is -0.465 e. The molecule has 3 aliphatic rings. The van der Waals surface area contributed by atoms with Gasteiger partial charge in [0.1, 0.15) is 11.6 Å². The fourth-order valence-corrected chi connectivity index (χ4v) is 6.94. The highest BCUT2D eigenvalue weighted by Gasteiger charge is 2.75. The van der Waals surface area contributed by atoms with Gasteiger partial charge in [0.05, 0.1) is 24.5 Å². The number of likely N-dealkylation sites (tertiary alicyclic amines) is 1. The summed E-state index contributed by atoms with van der Waals surface area (Å²) in [5.41, 5.74) is -0.389. The number of unbranched alkanes of at least 4 members (excludes halogenated alkanes) is 3. The summed E-state index contributed by atoms with van der Waals surface area (Å²) in [7, 11) is 0. The maximum Gasteiger partial charge on any atom is 0.312 e. The Morgan fingerprint density at radius 2 is 1.90 bits per heavy atom. The first kappa shape index (κ1) is 29.0. The van der Waals surface area contributed by atoms with E-state index in [9.17, 15) is 19.5 Å². The number of ether oxygens (including phenoxy) is 2. The molecule has 2 amide bonds. The van der Waals surface area contributed by atoms with Gasteiger partial charge < -0.3 is 24.4 Å². The van der Waals surface area contributed by atoms with E-state index in [1.807, 2.05) is 48.5 Å². The molecule has 5 rings (SSSR count). The van der Waals surface area contributed by atoms with Crippen LogP contribution in [0.15, 0.2) is 67.8 Å². The van der Waals surface area contributed by atoms with Crippen molar-refractivity contribution in [1.82, 2.24) is 4.90 Å². The van der Waals surface area contributed by atoms with Crippen LogP contribution in [-0.2, 0) is 23.9 Å². The first-order chi connectivity index (χ1) is 20.0. The van der Waals surface area contributed by atoms with Crippen molar-refractivity contribution in [3.63, 3.8) is 0 Å². The Balaban J connectivity index is 1.46. The fraction of sp³-hybridized carbons (Fsp3) is 0.485. The molecule has 0 aromatic heterocycles. The summed E-state index contributed by atoms with van der Waals surface area (Å²) >= 11 is 0. The number of amides is 2. The molecule has 8 heteroatoms. The summed E-state index contributed by atoms with van der Waals surface area (Å²) in [4.78, 5) is 45.3. The van der Waals surface area contributed by atoms with E-state index < -0.39 is 35.6 Å². The molecular formula is C33H40N2O6. The topological polar surface area (TPSA) is 96.4 Å². The van der Waals surface area contributed by atoms with Crippen molar-refractivity contribution in [2.45, 2.75) is 62.7 Å². The number of hydrogen-bond donors (Lipinski definition) is 1. The van der Waals surface area contributed by atoms with Crippen molar-refractivity contribution in [1.29, 1.82) is 0 Å². The number of anilines is 1. The molecule has 3 fully saturated rings. The number of allylic oxidation sites excluding steroid dienone is 1. The monoisotopic (exact) mass is 560 g/mol. The number of hydrogen-bond acceptors (Lipinski definition) is 6. The van der Waals surface area contributed by atoms with Crippen molar-refractivity contribution in [2.24, 2.45) is 11.8 Å². The van der Waals surface area contributed by atoms with Crippen LogP contribution in [0.3, 0.4) is 0 Å². The Bertz CT molecular complexity index is 1310. The lowest BCUT2D eigenvalue weighted by Crippen LogP contribution is -2.56. The number of carbonyl (C=O) groups is 3. The van der Waals surface area contributed by atoms with Gasteiger partial charge in [0, 0.05) is 25.4 Å². The van der Waals surface area contributed by atoms with Gasteiger partial charge in [-0.2, -0.15) is 0 Å². The maximum absolute atomic E-state index is 14.6. The lowest BCUT2D eigenvalue weighted by Gasteiger charge is -2.36. The maximum atomic E-state index is 14.6. The average molecular weight is 561 g/mol. The SMILES string of the molecule is C=CCCCCOC(=O)[C@@H]1[C@@H]2CCC3(O2)C(C(=O)N(CC=C)c2ccc4ccccc4c2)N(CCCCO)C(=O)[C@H]13. The van der Waals surface area contributed by atoms with E-state index in [2.05, 4.69) is 13.2 Å². The first-order valence-corrected chi connectivity index (χ1v) is 14.7. The van der Waals surface area contributed by atoms with Gasteiger partial charge in [-0.25, -0.2) is 0 Å². The van der Waals surface area contributed by atoms with Gasteiger partial charge in [0.15, 0.2) is 0 Å². The summed E-state index contributed by atoms with van der Waals surface area (Å²) in [6.07, 6.45) is 7.65. The summed E-state index contributed by atoms with van der Waals surface area (Å²) in [5, 5.41) is 11.5. The highest BCUT2D eigenvalue weighted by Crippen LogP contribution is 2.59. The zero-order valence-corrected chi connectivity index (χ0v) is 23.6. The fourth-order valence-electron chi connectivity index (χ4n) is 6.94. The van der Waals surface area contributed by atoms with Crippen molar-refractivity contribution in [3.05, 3.63) is 67.8 Å². The molecule has 3 heterocycles. The number of nitrogens with zero attached hydrogens (tertiary/aromatic N) is 2. The van der Waals surface area contributed by atoms with Crippen LogP contribution in [0.25, 0.3) is 10.8 Å². The molecule has 2 aromatic carbocycles. The van der Waals surface area contributed by atoms with Crippen LogP contribution < -0.4 is 4.90 Å². The van der Waals surface area contributed by atoms with Gasteiger partial charge in [0.2, 0.25) is 5.91 Å². The molecule has 2 unspecified atom stereocenters. The molecular weight excluding hydrogens is 520 g/mol. The smallest absolute Gasteiger partial charge is 0.312 e. The van der Waals surface area contributed by atoms with E-state index in [0.717, 1.165) is 30.0 Å². The van der Waals surface area contributed by atoms with Crippen molar-refractivity contribution in [2.75, 3.05) is 31.2 Å². The van der Waals surface area contributed by atoms with Crippen LogP contribution in [-0.4, -0.2) is 71.8 Å². The highest BCUT2D eigenvalue weighted by molar-refractivity contribution is 6.05. The van der Waals surface area contributed by atoms with E-state index >= 15 is 0 Å². The van der Waals surface area contributed by atoms with Gasteiger partial charge in [-0.15, -0.1) is 13.2 Å². The molecule has 218 valence electrons. The second-order valence-electron chi connectivity index (χ2n) is 11.2. The molecule has 1 N–H and O–H groups in total. The second-order valence-corrected chi connectivity index (χ2v) is 11.2. The number of esters is 1. The molecule has 2 bridgehead atoms. The van der Waals surface area contributed by atoms with Crippen LogP contribution in [0.2, 0.25) is 0 Å². The number of fused-ring (bicyclic) bond motifs is 2. The van der Waals surface area contributed by atoms with E-state index in [0.29, 0.717) is 37.9 Å². The number of carbonyl (C=O) groups excluding carboxylic acids is 3. The minimum atomic E-state index is -1.10. The first-order valence-electron chi connectivity index (χ1n) is 14.7. The molecule has 41 heavy (non-hydrogen) atoms. The number of aliphatic hydroxyl groups is 1. The average Bonchev–Trinajstić information content (AvgIpc) is 3.63. The standard InChI is InChI=1S/C33H40N2O6/c1-3-5-6-11-21-40-32(39)27-26-16-17-33(41-26)28(27)30(37)35(19-9-10-20-36)29(33)31(38)34(18-4-2)25-15-14-23-12-7-8-13-24(23)22-25/h3-4,7-8,12-15,22,26-29,36H,1-2,5-6,9-11,16-21H2/t26-,27+,28-,29?,33?/m0/s1. The Morgan fingerprint density at radius 1 is 1.10 bits per heavy atom. The molecule has 3 saturated heterocycles. The predicted octanol–water partition coefficient (Wildman–Crippen LogP) is 4.41. The van der Waals surface area contributed by atoms with Crippen molar-refractivity contribution < 1.29 is 29.0 Å². The summed E-state index contributed by atoms with van der Waals surface area (Å²) in [5.74, 6) is -2.42. The predicted molar refractivity (Wildman–Crippen MR) is 157 cm³/mol. The molecule has 0 radical (unpaired) electrons. The Kier molecular flexibility index (Phi) is 8.90. The van der Waals surface area contributed by atoms with E-state index in [-0.39, 0.29) is 31.6 Å². The number of benzene rings is 2. The summed E-state index contributed by atoms with van der Waals surface area (Å²) in [6.45, 7) is 8.43.